The van der Waals surface area contributed by atoms with Gasteiger partial charge >= 0.3 is 6.09 Å². The fourth-order valence-electron chi connectivity index (χ4n) is 3.42. The molecule has 2 fully saturated rings. The molecule has 0 aromatic heterocycles. The lowest BCUT2D eigenvalue weighted by Crippen LogP contribution is -2.60. The summed E-state index contributed by atoms with van der Waals surface area (Å²) >= 11 is 0. The van der Waals surface area contributed by atoms with Gasteiger partial charge in [0, 0.05) is 12.6 Å². The Balaban J connectivity index is 1.80. The van der Waals surface area contributed by atoms with Gasteiger partial charge in [0.2, 0.25) is 0 Å². The summed E-state index contributed by atoms with van der Waals surface area (Å²) in [4.78, 5) is 12.0. The SMILES string of the molecule is CC1(C)CCC(NCC2(NC(=O)OC(C)(C)C)CCC2)C1. The molecule has 2 aliphatic rings. The maximum Gasteiger partial charge on any atom is 0.408 e. The standard InChI is InChI=1S/C17H32N2O2/c1-15(2,3)21-14(20)19-17(8-6-9-17)12-18-13-7-10-16(4,5)11-13/h13,18H,6-12H2,1-5H3,(H,19,20). The van der Waals surface area contributed by atoms with Crippen molar-refractivity contribution < 1.29 is 9.53 Å². The first-order valence-corrected chi connectivity index (χ1v) is 8.34. The number of amides is 1. The van der Waals surface area contributed by atoms with Crippen molar-refractivity contribution in [2.24, 2.45) is 5.41 Å². The van der Waals surface area contributed by atoms with Gasteiger partial charge < -0.3 is 15.4 Å². The van der Waals surface area contributed by atoms with Crippen LogP contribution in [0.4, 0.5) is 4.79 Å². The van der Waals surface area contributed by atoms with Gasteiger partial charge in [-0.1, -0.05) is 13.8 Å². The first kappa shape index (κ1) is 16.6. The fourth-order valence-corrected chi connectivity index (χ4v) is 3.42. The molecule has 2 N–H and O–H groups in total. The summed E-state index contributed by atoms with van der Waals surface area (Å²) in [5.41, 5.74) is -0.0595. The van der Waals surface area contributed by atoms with E-state index in [2.05, 4.69) is 24.5 Å². The molecule has 0 aromatic carbocycles. The first-order chi connectivity index (χ1) is 9.59. The third kappa shape index (κ3) is 4.87. The second-order valence-electron chi connectivity index (χ2n) is 8.75. The Hall–Kier alpha value is -0.770. The lowest BCUT2D eigenvalue weighted by atomic mass is 9.76. The number of nitrogens with one attached hydrogen (secondary N) is 2. The van der Waals surface area contributed by atoms with E-state index < -0.39 is 5.60 Å². The van der Waals surface area contributed by atoms with Gasteiger partial charge in [0.1, 0.15) is 5.60 Å². The monoisotopic (exact) mass is 296 g/mol. The van der Waals surface area contributed by atoms with Crippen LogP contribution in [0.5, 0.6) is 0 Å². The molecule has 0 bridgehead atoms. The Morgan fingerprint density at radius 2 is 1.90 bits per heavy atom. The summed E-state index contributed by atoms with van der Waals surface area (Å²) in [6.07, 6.45) is 6.77. The summed E-state index contributed by atoms with van der Waals surface area (Å²) < 4.78 is 5.40. The van der Waals surface area contributed by atoms with E-state index in [0.29, 0.717) is 11.5 Å². The van der Waals surface area contributed by atoms with Crippen molar-refractivity contribution in [3.05, 3.63) is 0 Å². The van der Waals surface area contributed by atoms with Crippen LogP contribution >= 0.6 is 0 Å². The van der Waals surface area contributed by atoms with Gasteiger partial charge in [-0.25, -0.2) is 4.79 Å². The Morgan fingerprint density at radius 1 is 1.24 bits per heavy atom. The molecule has 1 unspecified atom stereocenters. The van der Waals surface area contributed by atoms with Gasteiger partial charge in [0.15, 0.2) is 0 Å². The zero-order chi connectivity index (χ0) is 15.7. The van der Waals surface area contributed by atoms with Gasteiger partial charge in [-0.05, 0) is 64.7 Å². The molecular weight excluding hydrogens is 264 g/mol. The number of carbonyl (C=O) groups excluding carboxylic acids is 1. The van der Waals surface area contributed by atoms with E-state index in [1.807, 2.05) is 20.8 Å². The molecule has 0 aromatic rings. The Morgan fingerprint density at radius 3 is 2.33 bits per heavy atom. The molecule has 0 aliphatic heterocycles. The first-order valence-electron chi connectivity index (χ1n) is 8.34. The summed E-state index contributed by atoms with van der Waals surface area (Å²) in [7, 11) is 0. The smallest absolute Gasteiger partial charge is 0.408 e. The number of hydrogen-bond donors (Lipinski definition) is 2. The third-order valence-corrected chi connectivity index (χ3v) is 4.77. The van der Waals surface area contributed by atoms with E-state index in [9.17, 15) is 4.79 Å². The number of carbonyl (C=O) groups is 1. The van der Waals surface area contributed by atoms with Crippen molar-refractivity contribution in [3.63, 3.8) is 0 Å². The number of alkyl carbamates (subject to hydrolysis) is 1. The van der Waals surface area contributed by atoms with Crippen LogP contribution in [0.15, 0.2) is 0 Å². The quantitative estimate of drug-likeness (QED) is 0.833. The zero-order valence-corrected chi connectivity index (χ0v) is 14.3. The molecule has 0 heterocycles. The second-order valence-corrected chi connectivity index (χ2v) is 8.75. The summed E-state index contributed by atoms with van der Waals surface area (Å²) in [6.45, 7) is 11.3. The third-order valence-electron chi connectivity index (χ3n) is 4.77. The maximum atomic E-state index is 12.0. The van der Waals surface area contributed by atoms with Crippen LogP contribution in [0.25, 0.3) is 0 Å². The Bertz CT molecular complexity index is 381. The average molecular weight is 296 g/mol. The van der Waals surface area contributed by atoms with Gasteiger partial charge in [0.25, 0.3) is 0 Å². The minimum Gasteiger partial charge on any atom is -0.444 e. The Kier molecular flexibility index (Phi) is 4.57. The molecule has 2 rings (SSSR count). The molecule has 1 amide bonds. The molecular formula is C17H32N2O2. The predicted molar refractivity (Wildman–Crippen MR) is 85.4 cm³/mol. The lowest BCUT2D eigenvalue weighted by molar-refractivity contribution is 0.0378. The molecule has 2 aliphatic carbocycles. The van der Waals surface area contributed by atoms with Crippen LogP contribution in [0, 0.1) is 5.41 Å². The van der Waals surface area contributed by atoms with Crippen LogP contribution in [0.3, 0.4) is 0 Å². The van der Waals surface area contributed by atoms with Crippen molar-refractivity contribution >= 4 is 6.09 Å². The molecule has 4 nitrogen and oxygen atoms in total. The minimum absolute atomic E-state index is 0.0882. The van der Waals surface area contributed by atoms with Crippen LogP contribution in [0.1, 0.15) is 73.1 Å². The highest BCUT2D eigenvalue weighted by molar-refractivity contribution is 5.69. The van der Waals surface area contributed by atoms with Crippen LogP contribution in [-0.4, -0.2) is 29.8 Å². The highest BCUT2D eigenvalue weighted by atomic mass is 16.6. The highest BCUT2D eigenvalue weighted by Gasteiger charge is 2.40. The summed E-state index contributed by atoms with van der Waals surface area (Å²) in [6, 6.07) is 0.595. The van der Waals surface area contributed by atoms with Crippen LogP contribution in [0.2, 0.25) is 0 Å². The van der Waals surface area contributed by atoms with E-state index in [-0.39, 0.29) is 11.6 Å². The molecule has 0 spiro atoms. The normalized spacial score (nSPS) is 27.0. The van der Waals surface area contributed by atoms with Gasteiger partial charge in [-0.2, -0.15) is 0 Å². The molecule has 1 atom stereocenters. The molecule has 0 saturated heterocycles. The van der Waals surface area contributed by atoms with Gasteiger partial charge in [0.05, 0.1) is 5.54 Å². The van der Waals surface area contributed by atoms with E-state index in [0.717, 1.165) is 19.4 Å². The number of rotatable bonds is 4. The molecule has 0 radical (unpaired) electrons. The average Bonchev–Trinajstić information content (AvgIpc) is 2.59. The minimum atomic E-state index is -0.433. The van der Waals surface area contributed by atoms with Crippen molar-refractivity contribution in [1.82, 2.24) is 10.6 Å². The van der Waals surface area contributed by atoms with E-state index >= 15 is 0 Å². The molecule has 122 valence electrons. The largest absolute Gasteiger partial charge is 0.444 e. The van der Waals surface area contributed by atoms with Crippen molar-refractivity contribution in [2.75, 3.05) is 6.54 Å². The van der Waals surface area contributed by atoms with Crippen molar-refractivity contribution in [3.8, 4) is 0 Å². The second kappa shape index (κ2) is 5.79. The molecule has 4 heteroatoms. The molecule has 21 heavy (non-hydrogen) atoms. The van der Waals surface area contributed by atoms with Crippen molar-refractivity contribution in [1.29, 1.82) is 0 Å². The topological polar surface area (TPSA) is 50.4 Å². The predicted octanol–water partition coefficient (Wildman–Crippen LogP) is 3.60. The van der Waals surface area contributed by atoms with E-state index in [1.165, 1.54) is 25.7 Å². The summed E-state index contributed by atoms with van der Waals surface area (Å²) in [5, 5.41) is 6.79. The van der Waals surface area contributed by atoms with Crippen LogP contribution in [-0.2, 0) is 4.74 Å². The summed E-state index contributed by atoms with van der Waals surface area (Å²) in [5.74, 6) is 0. The zero-order valence-electron chi connectivity index (χ0n) is 14.3. The van der Waals surface area contributed by atoms with Gasteiger partial charge in [-0.15, -0.1) is 0 Å². The lowest BCUT2D eigenvalue weighted by Gasteiger charge is -2.43. The molecule has 2 saturated carbocycles. The number of hydrogen-bond acceptors (Lipinski definition) is 3. The number of ether oxygens (including phenoxy) is 1. The highest BCUT2D eigenvalue weighted by Crippen LogP contribution is 2.38. The Labute approximate surface area is 129 Å². The maximum absolute atomic E-state index is 12.0. The van der Waals surface area contributed by atoms with E-state index in [1.54, 1.807) is 0 Å². The van der Waals surface area contributed by atoms with Crippen molar-refractivity contribution in [2.45, 2.75) is 90.3 Å². The van der Waals surface area contributed by atoms with E-state index in [4.69, 9.17) is 4.74 Å². The van der Waals surface area contributed by atoms with Crippen LogP contribution < -0.4 is 10.6 Å². The fraction of sp³-hybridized carbons (Fsp3) is 0.941. The van der Waals surface area contributed by atoms with Gasteiger partial charge in [-0.3, -0.25) is 0 Å².